The number of benzene rings is 3. The van der Waals surface area contributed by atoms with Crippen molar-refractivity contribution in [3.63, 3.8) is 0 Å². The van der Waals surface area contributed by atoms with Gasteiger partial charge in [-0.1, -0.05) is 41.5 Å². The number of ether oxygens (including phenoxy) is 3. The van der Waals surface area contributed by atoms with Crippen molar-refractivity contribution in [3.05, 3.63) is 100 Å². The highest BCUT2D eigenvalue weighted by Crippen LogP contribution is 2.31. The minimum Gasteiger partial charge on any atom is -0.490 e. The van der Waals surface area contributed by atoms with Gasteiger partial charge in [0.15, 0.2) is 17.2 Å². The molecule has 0 amide bonds. The maximum absolute atomic E-state index is 12.6. The van der Waals surface area contributed by atoms with Crippen LogP contribution in [0.15, 0.2) is 77.4 Å². The van der Waals surface area contributed by atoms with E-state index in [1.54, 1.807) is 42.5 Å². The molecule has 0 N–H and O–H groups in total. The highest BCUT2D eigenvalue weighted by molar-refractivity contribution is 6.12. The quantitative estimate of drug-likeness (QED) is 0.296. The van der Waals surface area contributed by atoms with Crippen LogP contribution in [-0.4, -0.2) is 24.4 Å². The Kier molecular flexibility index (Phi) is 6.36. The normalized spacial score (nSPS) is 14.1. The summed E-state index contributed by atoms with van der Waals surface area (Å²) in [6.45, 7) is 6.09. The first-order valence-corrected chi connectivity index (χ1v) is 10.6. The van der Waals surface area contributed by atoms with Gasteiger partial charge in [0.25, 0.3) is 0 Å². The van der Waals surface area contributed by atoms with Gasteiger partial charge in [0.2, 0.25) is 5.90 Å². The van der Waals surface area contributed by atoms with Crippen LogP contribution in [0.4, 0.5) is 0 Å². The lowest BCUT2D eigenvalue weighted by atomic mass is 10.1. The Morgan fingerprint density at radius 2 is 1.73 bits per heavy atom. The molecule has 0 aromatic heterocycles. The summed E-state index contributed by atoms with van der Waals surface area (Å²) in [5.41, 5.74) is 4.04. The molecule has 3 aromatic rings. The summed E-state index contributed by atoms with van der Waals surface area (Å²) in [6.07, 6.45) is 1.61. The zero-order chi connectivity index (χ0) is 23.4. The van der Waals surface area contributed by atoms with Crippen molar-refractivity contribution >= 4 is 23.9 Å². The number of carbonyl (C=O) groups excluding carboxylic acids is 2. The molecule has 33 heavy (non-hydrogen) atoms. The molecule has 1 heterocycles. The number of hydrogen-bond donors (Lipinski definition) is 0. The van der Waals surface area contributed by atoms with Gasteiger partial charge in [-0.05, 0) is 68.8 Å². The molecule has 0 unspecified atom stereocenters. The lowest BCUT2D eigenvalue weighted by Gasteiger charge is -2.11. The number of aryl methyl sites for hydroxylation is 2. The van der Waals surface area contributed by atoms with Crippen molar-refractivity contribution in [2.75, 3.05) is 6.61 Å². The highest BCUT2D eigenvalue weighted by atomic mass is 16.6. The molecule has 0 spiro atoms. The fraction of sp³-hybridized carbons (Fsp3) is 0.148. The molecule has 0 saturated carbocycles. The van der Waals surface area contributed by atoms with E-state index in [4.69, 9.17) is 14.2 Å². The fourth-order valence-corrected chi connectivity index (χ4v) is 3.37. The van der Waals surface area contributed by atoms with E-state index in [-0.39, 0.29) is 11.6 Å². The van der Waals surface area contributed by atoms with Crippen LogP contribution in [0.5, 0.6) is 11.5 Å². The molecule has 4 rings (SSSR count). The molecule has 6 heteroatoms. The van der Waals surface area contributed by atoms with Crippen molar-refractivity contribution in [1.29, 1.82) is 0 Å². The van der Waals surface area contributed by atoms with Crippen LogP contribution in [0.2, 0.25) is 0 Å². The summed E-state index contributed by atoms with van der Waals surface area (Å²) >= 11 is 0. The van der Waals surface area contributed by atoms with E-state index in [0.717, 1.165) is 16.7 Å². The van der Waals surface area contributed by atoms with Crippen LogP contribution >= 0.6 is 0 Å². The Morgan fingerprint density at radius 3 is 2.45 bits per heavy atom. The van der Waals surface area contributed by atoms with Crippen molar-refractivity contribution in [2.24, 2.45) is 4.99 Å². The van der Waals surface area contributed by atoms with Gasteiger partial charge in [-0.25, -0.2) is 14.6 Å². The standard InChI is InChI=1S/C27H23NO5/c1-4-31-24-16-19(11-12-23(24)32-26(29)21-10-6-8-18(3)14-21)15-22-27(30)33-25(28-22)20-9-5-7-17(2)13-20/h5-16H,4H2,1-3H3/b22-15-. The van der Waals surface area contributed by atoms with Crippen LogP contribution in [0.25, 0.3) is 6.08 Å². The summed E-state index contributed by atoms with van der Waals surface area (Å²) < 4.78 is 16.6. The molecule has 1 aliphatic heterocycles. The lowest BCUT2D eigenvalue weighted by molar-refractivity contribution is -0.129. The number of esters is 2. The van der Waals surface area contributed by atoms with E-state index in [2.05, 4.69) is 4.99 Å². The van der Waals surface area contributed by atoms with E-state index in [1.807, 2.05) is 51.1 Å². The maximum Gasteiger partial charge on any atom is 0.363 e. The number of hydrogen-bond acceptors (Lipinski definition) is 6. The Balaban J connectivity index is 1.60. The predicted molar refractivity (Wildman–Crippen MR) is 126 cm³/mol. The molecule has 0 radical (unpaired) electrons. The minimum absolute atomic E-state index is 0.179. The van der Waals surface area contributed by atoms with Gasteiger partial charge in [0, 0.05) is 5.56 Å². The second-order valence-corrected chi connectivity index (χ2v) is 7.60. The molecule has 3 aromatic carbocycles. The number of carbonyl (C=O) groups is 2. The Bertz CT molecular complexity index is 1290. The molecule has 0 aliphatic carbocycles. The first-order valence-electron chi connectivity index (χ1n) is 10.6. The fourth-order valence-electron chi connectivity index (χ4n) is 3.37. The third kappa shape index (κ3) is 5.18. The third-order valence-corrected chi connectivity index (χ3v) is 4.91. The molecule has 166 valence electrons. The average Bonchev–Trinajstić information content (AvgIpc) is 3.16. The van der Waals surface area contributed by atoms with Crippen molar-refractivity contribution < 1.29 is 23.8 Å². The van der Waals surface area contributed by atoms with Crippen molar-refractivity contribution in [1.82, 2.24) is 0 Å². The predicted octanol–water partition coefficient (Wildman–Crippen LogP) is 5.27. The summed E-state index contributed by atoms with van der Waals surface area (Å²) in [5, 5.41) is 0. The van der Waals surface area contributed by atoms with E-state index < -0.39 is 11.9 Å². The third-order valence-electron chi connectivity index (χ3n) is 4.91. The SMILES string of the molecule is CCOc1cc(/C=C2\N=C(c3cccc(C)c3)OC2=O)ccc1OC(=O)c1cccc(C)c1. The Morgan fingerprint density at radius 1 is 0.970 bits per heavy atom. The van der Waals surface area contributed by atoms with Crippen LogP contribution in [0.3, 0.4) is 0 Å². The van der Waals surface area contributed by atoms with E-state index in [1.165, 1.54) is 0 Å². The van der Waals surface area contributed by atoms with Gasteiger partial charge >= 0.3 is 11.9 Å². The average molecular weight is 441 g/mol. The first-order chi connectivity index (χ1) is 15.9. The molecular weight excluding hydrogens is 418 g/mol. The molecule has 0 fully saturated rings. The molecular formula is C27H23NO5. The number of rotatable bonds is 6. The van der Waals surface area contributed by atoms with Crippen LogP contribution in [-0.2, 0) is 9.53 Å². The van der Waals surface area contributed by atoms with Gasteiger partial charge < -0.3 is 14.2 Å². The van der Waals surface area contributed by atoms with Gasteiger partial charge in [-0.3, -0.25) is 0 Å². The molecule has 0 bridgehead atoms. The monoisotopic (exact) mass is 441 g/mol. The summed E-state index contributed by atoms with van der Waals surface area (Å²) in [7, 11) is 0. The van der Waals surface area contributed by atoms with E-state index in [0.29, 0.717) is 29.2 Å². The zero-order valence-corrected chi connectivity index (χ0v) is 18.6. The Labute approximate surface area is 192 Å². The second kappa shape index (κ2) is 9.53. The maximum atomic E-state index is 12.6. The van der Waals surface area contributed by atoms with Crippen molar-refractivity contribution in [2.45, 2.75) is 20.8 Å². The molecule has 0 saturated heterocycles. The van der Waals surface area contributed by atoms with Gasteiger partial charge in [0.1, 0.15) is 0 Å². The number of cyclic esters (lactones) is 1. The zero-order valence-electron chi connectivity index (χ0n) is 18.6. The smallest absolute Gasteiger partial charge is 0.363 e. The first kappa shape index (κ1) is 22.0. The summed E-state index contributed by atoms with van der Waals surface area (Å²) in [5.74, 6) is -0.0498. The van der Waals surface area contributed by atoms with Gasteiger partial charge in [0.05, 0.1) is 12.2 Å². The molecule has 6 nitrogen and oxygen atoms in total. The van der Waals surface area contributed by atoms with Crippen LogP contribution < -0.4 is 9.47 Å². The van der Waals surface area contributed by atoms with Crippen LogP contribution in [0.1, 0.15) is 39.5 Å². The second-order valence-electron chi connectivity index (χ2n) is 7.60. The van der Waals surface area contributed by atoms with E-state index in [9.17, 15) is 9.59 Å². The molecule has 0 atom stereocenters. The topological polar surface area (TPSA) is 74.2 Å². The lowest BCUT2D eigenvalue weighted by Crippen LogP contribution is -2.10. The minimum atomic E-state index is -0.528. The van der Waals surface area contributed by atoms with Gasteiger partial charge in [-0.2, -0.15) is 0 Å². The number of aliphatic imine (C=N–C) groups is 1. The van der Waals surface area contributed by atoms with Crippen LogP contribution in [0, 0.1) is 13.8 Å². The highest BCUT2D eigenvalue weighted by Gasteiger charge is 2.24. The summed E-state index contributed by atoms with van der Waals surface area (Å²) in [6, 6.07) is 19.8. The van der Waals surface area contributed by atoms with Crippen molar-refractivity contribution in [3.8, 4) is 11.5 Å². The Hall–Kier alpha value is -4.19. The molecule has 1 aliphatic rings. The largest absolute Gasteiger partial charge is 0.490 e. The van der Waals surface area contributed by atoms with Gasteiger partial charge in [-0.15, -0.1) is 0 Å². The number of nitrogens with zero attached hydrogens (tertiary/aromatic N) is 1. The van der Waals surface area contributed by atoms with E-state index >= 15 is 0 Å². The summed E-state index contributed by atoms with van der Waals surface area (Å²) in [4.78, 5) is 29.3.